The van der Waals surface area contributed by atoms with Crippen LogP contribution in [0.25, 0.3) is 10.9 Å². The van der Waals surface area contributed by atoms with Crippen LogP contribution < -0.4 is 4.90 Å². The van der Waals surface area contributed by atoms with Crippen molar-refractivity contribution in [3.63, 3.8) is 0 Å². The van der Waals surface area contributed by atoms with Crippen LogP contribution in [-0.4, -0.2) is 42.5 Å². The molecule has 1 aliphatic heterocycles. The molecular weight excluding hydrogens is 264 g/mol. The van der Waals surface area contributed by atoms with Crippen LogP contribution in [-0.2, 0) is 4.74 Å². The second-order valence-corrected chi connectivity index (χ2v) is 6.01. The van der Waals surface area contributed by atoms with E-state index in [4.69, 9.17) is 9.72 Å². The van der Waals surface area contributed by atoms with Gasteiger partial charge in [-0.25, -0.2) is 4.98 Å². The van der Waals surface area contributed by atoms with Crippen molar-refractivity contribution in [3.05, 3.63) is 35.9 Å². The average molecular weight is 286 g/mol. The molecule has 0 radical (unpaired) electrons. The van der Waals surface area contributed by atoms with Crippen LogP contribution in [0.3, 0.4) is 0 Å². The Kier molecular flexibility index (Phi) is 3.83. The van der Waals surface area contributed by atoms with Gasteiger partial charge in [0.1, 0.15) is 5.82 Å². The second-order valence-electron chi connectivity index (χ2n) is 6.01. The molecule has 0 amide bonds. The summed E-state index contributed by atoms with van der Waals surface area (Å²) in [5, 5.41) is 11.8. The first kappa shape index (κ1) is 14.3. The van der Waals surface area contributed by atoms with Crippen molar-refractivity contribution in [1.82, 2.24) is 4.98 Å². The average Bonchev–Trinajstić information content (AvgIpc) is 2.46. The van der Waals surface area contributed by atoms with E-state index in [1.165, 1.54) is 0 Å². The van der Waals surface area contributed by atoms with Gasteiger partial charge in [0.05, 0.1) is 11.1 Å². The van der Waals surface area contributed by atoms with Crippen molar-refractivity contribution in [2.45, 2.75) is 25.4 Å². The first-order valence-corrected chi connectivity index (χ1v) is 7.45. The Morgan fingerprint density at radius 1 is 1.29 bits per heavy atom. The molecular formula is C17H22N2O2. The zero-order chi connectivity index (χ0) is 14.9. The van der Waals surface area contributed by atoms with Crippen LogP contribution in [0.1, 0.15) is 18.4 Å². The molecule has 0 bridgehead atoms. The van der Waals surface area contributed by atoms with Gasteiger partial charge in [-0.3, -0.25) is 0 Å². The standard InChI is InChI=1S/C17H22N2O2/c1-13-11-14-5-3-4-6-15(14)18-16(13)19(2)12-17(20)7-9-21-10-8-17/h3-6,11,20H,7-10,12H2,1-2H3. The van der Waals surface area contributed by atoms with E-state index < -0.39 is 5.60 Å². The van der Waals surface area contributed by atoms with Gasteiger partial charge in [-0.2, -0.15) is 0 Å². The predicted molar refractivity (Wildman–Crippen MR) is 84.8 cm³/mol. The molecule has 0 spiro atoms. The molecule has 3 rings (SSSR count). The van der Waals surface area contributed by atoms with E-state index in [2.05, 4.69) is 24.0 Å². The molecule has 21 heavy (non-hydrogen) atoms. The van der Waals surface area contributed by atoms with E-state index >= 15 is 0 Å². The zero-order valence-corrected chi connectivity index (χ0v) is 12.7. The minimum atomic E-state index is -0.674. The first-order valence-electron chi connectivity index (χ1n) is 7.45. The van der Waals surface area contributed by atoms with Gasteiger partial charge in [0.15, 0.2) is 0 Å². The lowest BCUT2D eigenvalue weighted by atomic mass is 9.94. The molecule has 1 N–H and O–H groups in total. The fraction of sp³-hybridized carbons (Fsp3) is 0.471. The molecule has 0 aliphatic carbocycles. The summed E-state index contributed by atoms with van der Waals surface area (Å²) in [6.45, 7) is 3.92. The number of ether oxygens (including phenoxy) is 1. The summed E-state index contributed by atoms with van der Waals surface area (Å²) >= 11 is 0. The third kappa shape index (κ3) is 3.01. The van der Waals surface area contributed by atoms with Gasteiger partial charge in [-0.1, -0.05) is 18.2 Å². The lowest BCUT2D eigenvalue weighted by molar-refractivity contribution is -0.0573. The van der Waals surface area contributed by atoms with E-state index in [1.807, 2.05) is 25.2 Å². The first-order chi connectivity index (χ1) is 10.1. The van der Waals surface area contributed by atoms with Gasteiger partial charge in [0.25, 0.3) is 0 Å². The molecule has 0 saturated carbocycles. The predicted octanol–water partition coefficient (Wildman–Crippen LogP) is 2.52. The number of pyridine rings is 1. The monoisotopic (exact) mass is 286 g/mol. The number of anilines is 1. The molecule has 2 aromatic rings. The molecule has 1 saturated heterocycles. The number of hydrogen-bond acceptors (Lipinski definition) is 4. The summed E-state index contributed by atoms with van der Waals surface area (Å²) in [5.41, 5.74) is 1.45. The highest BCUT2D eigenvalue weighted by Gasteiger charge is 2.31. The van der Waals surface area contributed by atoms with Crippen LogP contribution >= 0.6 is 0 Å². The summed E-state index contributed by atoms with van der Waals surface area (Å²) in [6.07, 6.45) is 1.37. The molecule has 112 valence electrons. The van der Waals surface area contributed by atoms with E-state index in [9.17, 15) is 5.11 Å². The Hall–Kier alpha value is -1.65. The van der Waals surface area contributed by atoms with Crippen molar-refractivity contribution >= 4 is 16.7 Å². The van der Waals surface area contributed by atoms with Gasteiger partial charge in [0, 0.05) is 45.0 Å². The maximum absolute atomic E-state index is 10.7. The summed E-state index contributed by atoms with van der Waals surface area (Å²) in [7, 11) is 2.00. The van der Waals surface area contributed by atoms with Crippen LogP contribution in [0.2, 0.25) is 0 Å². The van der Waals surface area contributed by atoms with Crippen LogP contribution in [0.5, 0.6) is 0 Å². The fourth-order valence-corrected chi connectivity index (χ4v) is 3.02. The largest absolute Gasteiger partial charge is 0.388 e. The van der Waals surface area contributed by atoms with Crippen molar-refractivity contribution in [2.75, 3.05) is 31.7 Å². The molecule has 4 nitrogen and oxygen atoms in total. The zero-order valence-electron chi connectivity index (χ0n) is 12.7. The van der Waals surface area contributed by atoms with E-state index in [1.54, 1.807) is 0 Å². The quantitative estimate of drug-likeness (QED) is 0.942. The Bertz CT molecular complexity index is 636. The van der Waals surface area contributed by atoms with Crippen molar-refractivity contribution in [2.24, 2.45) is 0 Å². The summed E-state index contributed by atoms with van der Waals surface area (Å²) in [6, 6.07) is 10.3. The number of aryl methyl sites for hydroxylation is 1. The molecule has 1 fully saturated rings. The molecule has 1 aromatic carbocycles. The summed E-state index contributed by atoms with van der Waals surface area (Å²) in [4.78, 5) is 6.82. The Morgan fingerprint density at radius 2 is 2.00 bits per heavy atom. The summed E-state index contributed by atoms with van der Waals surface area (Å²) in [5.74, 6) is 0.939. The highest BCUT2D eigenvalue weighted by atomic mass is 16.5. The number of para-hydroxylation sites is 1. The molecule has 1 aromatic heterocycles. The number of rotatable bonds is 3. The third-order valence-electron chi connectivity index (χ3n) is 4.20. The van der Waals surface area contributed by atoms with Crippen molar-refractivity contribution in [1.29, 1.82) is 0 Å². The highest BCUT2D eigenvalue weighted by Crippen LogP contribution is 2.26. The second kappa shape index (κ2) is 5.62. The number of likely N-dealkylation sites (N-methyl/N-ethyl adjacent to an activating group) is 1. The molecule has 1 aliphatic rings. The van der Waals surface area contributed by atoms with Crippen molar-refractivity contribution in [3.8, 4) is 0 Å². The maximum Gasteiger partial charge on any atom is 0.132 e. The molecule has 0 unspecified atom stereocenters. The van der Waals surface area contributed by atoms with Gasteiger partial charge in [-0.15, -0.1) is 0 Å². The lowest BCUT2D eigenvalue weighted by Crippen LogP contribution is -2.46. The highest BCUT2D eigenvalue weighted by molar-refractivity contribution is 5.81. The fourth-order valence-electron chi connectivity index (χ4n) is 3.02. The number of fused-ring (bicyclic) bond motifs is 1. The Balaban J connectivity index is 1.86. The number of nitrogens with zero attached hydrogens (tertiary/aromatic N) is 2. The smallest absolute Gasteiger partial charge is 0.132 e. The number of hydrogen-bond donors (Lipinski definition) is 1. The Morgan fingerprint density at radius 3 is 2.76 bits per heavy atom. The number of aliphatic hydroxyl groups is 1. The molecule has 0 atom stereocenters. The van der Waals surface area contributed by atoms with E-state index in [-0.39, 0.29) is 0 Å². The maximum atomic E-state index is 10.7. The van der Waals surface area contributed by atoms with E-state index in [0.29, 0.717) is 32.6 Å². The molecule has 4 heteroatoms. The normalized spacial score (nSPS) is 17.9. The topological polar surface area (TPSA) is 45.6 Å². The van der Waals surface area contributed by atoms with Crippen LogP contribution in [0.15, 0.2) is 30.3 Å². The third-order valence-corrected chi connectivity index (χ3v) is 4.20. The minimum Gasteiger partial charge on any atom is -0.388 e. The van der Waals surface area contributed by atoms with Crippen LogP contribution in [0, 0.1) is 6.92 Å². The number of benzene rings is 1. The minimum absolute atomic E-state index is 0.586. The van der Waals surface area contributed by atoms with Gasteiger partial charge in [0.2, 0.25) is 0 Å². The number of aromatic nitrogens is 1. The van der Waals surface area contributed by atoms with E-state index in [0.717, 1.165) is 22.3 Å². The van der Waals surface area contributed by atoms with Gasteiger partial charge < -0.3 is 14.7 Å². The van der Waals surface area contributed by atoms with Crippen LogP contribution in [0.4, 0.5) is 5.82 Å². The summed E-state index contributed by atoms with van der Waals surface area (Å²) < 4.78 is 5.34. The van der Waals surface area contributed by atoms with Crippen molar-refractivity contribution < 1.29 is 9.84 Å². The van der Waals surface area contributed by atoms with Gasteiger partial charge in [-0.05, 0) is 24.6 Å². The Labute approximate surface area is 125 Å². The lowest BCUT2D eigenvalue weighted by Gasteiger charge is -2.36. The SMILES string of the molecule is Cc1cc2ccccc2nc1N(C)CC1(O)CCOCC1. The van der Waals surface area contributed by atoms with Gasteiger partial charge >= 0.3 is 0 Å². The molecule has 2 heterocycles.